The summed E-state index contributed by atoms with van der Waals surface area (Å²) >= 11 is 0. The van der Waals surface area contributed by atoms with Gasteiger partial charge in [0.1, 0.15) is 23.1 Å². The SMILES string of the molecule is CCCCCCCCCCCCN1c2cccc3c2C2c4c(cccc4N(c4cc(F)ccc4O)c4cccc1c42)O3. The number of halogens is 1. The van der Waals surface area contributed by atoms with Gasteiger partial charge in [0, 0.05) is 46.6 Å². The standard InChI is InChI=1S/C37H39FN2O2/c1-2-3-4-5-6-7-8-9-10-11-23-39-26-15-12-17-28-34(26)37-35-27(39)16-13-19-32(35)42-33-20-14-18-29(36(33)37)40(28)30-24-25(38)21-22-31(30)41/h12-22,24,37,41H,2-11,23H2,1H3. The Balaban J connectivity index is 1.23. The lowest BCUT2D eigenvalue weighted by molar-refractivity contribution is 0.450. The van der Waals surface area contributed by atoms with E-state index in [4.69, 9.17) is 4.74 Å². The van der Waals surface area contributed by atoms with E-state index in [0.29, 0.717) is 5.69 Å². The van der Waals surface area contributed by atoms with Crippen LogP contribution in [0.1, 0.15) is 93.7 Å². The highest BCUT2D eigenvalue weighted by Crippen LogP contribution is 2.65. The average Bonchev–Trinajstić information content (AvgIpc) is 3.01. The number of ether oxygens (including phenoxy) is 1. The first-order chi connectivity index (χ1) is 20.7. The molecule has 1 N–H and O–H groups in total. The van der Waals surface area contributed by atoms with Gasteiger partial charge in [-0.05, 0) is 55.0 Å². The number of anilines is 5. The van der Waals surface area contributed by atoms with Gasteiger partial charge in [0.25, 0.3) is 0 Å². The Morgan fingerprint density at radius 3 is 1.88 bits per heavy atom. The summed E-state index contributed by atoms with van der Waals surface area (Å²) in [7, 11) is 0. The summed E-state index contributed by atoms with van der Waals surface area (Å²) in [5, 5.41) is 10.9. The Morgan fingerprint density at radius 1 is 0.643 bits per heavy atom. The maximum Gasteiger partial charge on any atom is 0.139 e. The van der Waals surface area contributed by atoms with Gasteiger partial charge in [0.05, 0.1) is 17.1 Å². The number of phenols is 1. The third-order valence-electron chi connectivity index (χ3n) is 9.21. The molecule has 7 rings (SSSR count). The molecule has 0 radical (unpaired) electrons. The lowest BCUT2D eigenvalue weighted by Gasteiger charge is -2.47. The molecule has 0 saturated heterocycles. The van der Waals surface area contributed by atoms with Crippen LogP contribution in [0.5, 0.6) is 17.2 Å². The van der Waals surface area contributed by atoms with E-state index in [9.17, 15) is 9.50 Å². The number of unbranched alkanes of at least 4 members (excludes halogenated alkanes) is 9. The number of phenolic OH excluding ortho intramolecular Hbond substituents is 1. The van der Waals surface area contributed by atoms with E-state index in [1.54, 1.807) is 0 Å². The maximum atomic E-state index is 14.6. The molecule has 5 heteroatoms. The van der Waals surface area contributed by atoms with Crippen molar-refractivity contribution in [2.75, 3.05) is 16.3 Å². The fourth-order valence-corrected chi connectivity index (χ4v) is 7.27. The number of hydrogen-bond acceptors (Lipinski definition) is 4. The first-order valence-corrected chi connectivity index (χ1v) is 15.8. The summed E-state index contributed by atoms with van der Waals surface area (Å²) in [6.45, 7) is 3.20. The fraction of sp³-hybridized carbons (Fsp3) is 0.351. The number of aromatic hydroxyl groups is 1. The Bertz CT molecular complexity index is 1620. The van der Waals surface area contributed by atoms with Gasteiger partial charge in [-0.3, -0.25) is 0 Å². The second-order valence-electron chi connectivity index (χ2n) is 11.9. The zero-order chi connectivity index (χ0) is 28.6. The van der Waals surface area contributed by atoms with E-state index in [1.165, 1.54) is 98.5 Å². The van der Waals surface area contributed by atoms with Crippen LogP contribution in [-0.4, -0.2) is 11.7 Å². The van der Waals surface area contributed by atoms with Crippen molar-refractivity contribution in [3.8, 4) is 17.2 Å². The molecule has 0 fully saturated rings. The second-order valence-corrected chi connectivity index (χ2v) is 11.9. The fourth-order valence-electron chi connectivity index (χ4n) is 7.27. The van der Waals surface area contributed by atoms with Crippen molar-refractivity contribution >= 4 is 28.4 Å². The number of nitrogens with zero attached hydrogens (tertiary/aromatic N) is 2. The highest BCUT2D eigenvalue weighted by atomic mass is 19.1. The maximum absolute atomic E-state index is 14.6. The van der Waals surface area contributed by atoms with Gasteiger partial charge in [-0.1, -0.05) is 82.9 Å². The van der Waals surface area contributed by atoms with Crippen molar-refractivity contribution in [2.45, 2.75) is 77.0 Å². The Morgan fingerprint density at radius 2 is 1.19 bits per heavy atom. The zero-order valence-corrected chi connectivity index (χ0v) is 24.4. The minimum Gasteiger partial charge on any atom is -0.506 e. The van der Waals surface area contributed by atoms with Crippen LogP contribution in [0.15, 0.2) is 72.8 Å². The van der Waals surface area contributed by atoms with Gasteiger partial charge in [0.15, 0.2) is 0 Å². The van der Waals surface area contributed by atoms with Crippen LogP contribution < -0.4 is 14.5 Å². The van der Waals surface area contributed by atoms with Gasteiger partial charge in [-0.25, -0.2) is 4.39 Å². The monoisotopic (exact) mass is 562 g/mol. The van der Waals surface area contributed by atoms with Crippen molar-refractivity contribution in [1.82, 2.24) is 0 Å². The zero-order valence-electron chi connectivity index (χ0n) is 24.4. The second kappa shape index (κ2) is 11.4. The van der Waals surface area contributed by atoms with E-state index in [-0.39, 0.29) is 17.5 Å². The van der Waals surface area contributed by atoms with Crippen LogP contribution in [-0.2, 0) is 0 Å². The van der Waals surface area contributed by atoms with Crippen molar-refractivity contribution in [3.63, 3.8) is 0 Å². The van der Waals surface area contributed by atoms with Gasteiger partial charge in [-0.15, -0.1) is 0 Å². The summed E-state index contributed by atoms with van der Waals surface area (Å²) < 4.78 is 21.1. The van der Waals surface area contributed by atoms with Gasteiger partial charge < -0.3 is 19.6 Å². The molecule has 0 amide bonds. The van der Waals surface area contributed by atoms with Crippen LogP contribution >= 0.6 is 0 Å². The third-order valence-corrected chi connectivity index (χ3v) is 9.21. The van der Waals surface area contributed by atoms with Crippen molar-refractivity contribution in [2.24, 2.45) is 0 Å². The number of benzene rings is 4. The molecular formula is C37H39FN2O2. The predicted octanol–water partition coefficient (Wildman–Crippen LogP) is 11.0. The summed E-state index contributed by atoms with van der Waals surface area (Å²) in [6.07, 6.45) is 13.0. The molecule has 0 aliphatic carbocycles. The van der Waals surface area contributed by atoms with Crippen LogP contribution in [0.2, 0.25) is 0 Å². The molecule has 3 aliphatic heterocycles. The molecule has 1 atom stereocenters. The molecular weight excluding hydrogens is 523 g/mol. The quantitative estimate of drug-likeness (QED) is 0.151. The Labute approximate surface area is 248 Å². The minimum absolute atomic E-state index is 0.0123. The van der Waals surface area contributed by atoms with E-state index >= 15 is 0 Å². The normalized spacial score (nSPS) is 15.4. The predicted molar refractivity (Wildman–Crippen MR) is 169 cm³/mol. The molecule has 0 spiro atoms. The van der Waals surface area contributed by atoms with E-state index in [0.717, 1.165) is 41.4 Å². The Kier molecular flexibility index (Phi) is 7.27. The van der Waals surface area contributed by atoms with Gasteiger partial charge in [0.2, 0.25) is 0 Å². The molecule has 216 valence electrons. The van der Waals surface area contributed by atoms with Crippen molar-refractivity contribution < 1.29 is 14.2 Å². The molecule has 0 bridgehead atoms. The van der Waals surface area contributed by atoms with Gasteiger partial charge in [-0.2, -0.15) is 0 Å². The average molecular weight is 563 g/mol. The van der Waals surface area contributed by atoms with Crippen LogP contribution in [0.4, 0.5) is 32.8 Å². The molecule has 0 aromatic heterocycles. The minimum atomic E-state index is -0.383. The largest absolute Gasteiger partial charge is 0.506 e. The van der Waals surface area contributed by atoms with Crippen LogP contribution in [0, 0.1) is 5.82 Å². The molecule has 4 nitrogen and oxygen atoms in total. The molecule has 1 unspecified atom stereocenters. The molecule has 3 aliphatic rings. The summed E-state index contributed by atoms with van der Waals surface area (Å²) in [5.74, 6) is 1.38. The van der Waals surface area contributed by atoms with E-state index < -0.39 is 0 Å². The number of hydrogen-bond donors (Lipinski definition) is 1. The van der Waals surface area contributed by atoms with Crippen LogP contribution in [0.3, 0.4) is 0 Å². The summed E-state index contributed by atoms with van der Waals surface area (Å²) in [5.41, 5.74) is 8.16. The number of rotatable bonds is 12. The summed E-state index contributed by atoms with van der Waals surface area (Å²) in [4.78, 5) is 4.47. The van der Waals surface area contributed by atoms with E-state index in [2.05, 4.69) is 48.2 Å². The first kappa shape index (κ1) is 26.9. The Hall–Kier alpha value is -3.99. The highest BCUT2D eigenvalue weighted by molar-refractivity contribution is 5.96. The first-order valence-electron chi connectivity index (χ1n) is 15.8. The smallest absolute Gasteiger partial charge is 0.139 e. The molecule has 3 heterocycles. The molecule has 42 heavy (non-hydrogen) atoms. The van der Waals surface area contributed by atoms with Gasteiger partial charge >= 0.3 is 0 Å². The third kappa shape index (κ3) is 4.50. The lowest BCUT2D eigenvalue weighted by atomic mass is 9.74. The van der Waals surface area contributed by atoms with Crippen molar-refractivity contribution in [1.29, 1.82) is 0 Å². The van der Waals surface area contributed by atoms with Crippen LogP contribution in [0.25, 0.3) is 0 Å². The van der Waals surface area contributed by atoms with Crippen molar-refractivity contribution in [3.05, 3.63) is 95.3 Å². The van der Waals surface area contributed by atoms with E-state index in [1.807, 2.05) is 23.1 Å². The highest BCUT2D eigenvalue weighted by Gasteiger charge is 2.45. The summed E-state index contributed by atoms with van der Waals surface area (Å²) in [6, 6.07) is 23.0. The molecule has 0 saturated carbocycles. The molecule has 4 aromatic rings. The lowest BCUT2D eigenvalue weighted by Crippen LogP contribution is -2.33. The molecule has 4 aromatic carbocycles. The topological polar surface area (TPSA) is 35.9 Å².